The summed E-state index contributed by atoms with van der Waals surface area (Å²) in [6.45, 7) is 0.164. The van der Waals surface area contributed by atoms with Crippen molar-refractivity contribution in [1.29, 1.82) is 5.41 Å². The van der Waals surface area contributed by atoms with Gasteiger partial charge in [-0.3, -0.25) is 20.3 Å². The Morgan fingerprint density at radius 3 is 2.30 bits per heavy atom. The van der Waals surface area contributed by atoms with E-state index in [0.29, 0.717) is 40.7 Å². The number of hydrogen-bond acceptors (Lipinski definition) is 7. The Labute approximate surface area is 234 Å². The fraction of sp³-hybridized carbons (Fsp3) is 0.483. The Hall–Kier alpha value is -4.02. The minimum Gasteiger partial charge on any atom is -0.494 e. The van der Waals surface area contributed by atoms with Crippen molar-refractivity contribution >= 4 is 17.8 Å². The first kappa shape index (κ1) is 30.5. The molecular weight excluding hydrogens is 519 g/mol. The van der Waals surface area contributed by atoms with Gasteiger partial charge in [0.2, 0.25) is 17.6 Å². The van der Waals surface area contributed by atoms with Crippen molar-refractivity contribution in [3.63, 3.8) is 0 Å². The predicted molar refractivity (Wildman–Crippen MR) is 149 cm³/mol. The number of hydrogen-bond donors (Lipinski definition) is 4. The van der Waals surface area contributed by atoms with Gasteiger partial charge in [0.25, 0.3) is 0 Å². The zero-order valence-electron chi connectivity index (χ0n) is 23.5. The summed E-state index contributed by atoms with van der Waals surface area (Å²) in [6, 6.07) is 7.04. The maximum atomic E-state index is 13.8. The van der Waals surface area contributed by atoms with Gasteiger partial charge in [-0.25, -0.2) is 4.39 Å². The molecule has 0 bridgehead atoms. The first-order valence-electron chi connectivity index (χ1n) is 13.3. The molecule has 0 heterocycles. The van der Waals surface area contributed by atoms with E-state index in [9.17, 15) is 14.0 Å². The lowest BCUT2D eigenvalue weighted by Crippen LogP contribution is -2.52. The molecule has 1 aliphatic carbocycles. The number of amides is 2. The maximum Gasteiger partial charge on any atom is 0.242 e. The van der Waals surface area contributed by atoms with Gasteiger partial charge in [0, 0.05) is 12.1 Å². The fourth-order valence-electron chi connectivity index (χ4n) is 4.98. The highest BCUT2D eigenvalue weighted by molar-refractivity contribution is 5.98. The molecular formula is C29H39FN4O6. The van der Waals surface area contributed by atoms with Crippen molar-refractivity contribution in [2.45, 2.75) is 57.5 Å². The number of halogens is 1. The number of rotatable bonds is 12. The fourth-order valence-corrected chi connectivity index (χ4v) is 4.98. The number of benzene rings is 2. The number of ether oxygens (including phenoxy) is 4. The van der Waals surface area contributed by atoms with Gasteiger partial charge in [-0.1, -0.05) is 44.2 Å². The SMILES string of the molecule is COc1cc(CNC(=O)[C@@H](CC2CCCCC2)NC(=N)NC(=O)Cc2ccc(OC)c(OC)c2OC)ccc1F. The van der Waals surface area contributed by atoms with Crippen LogP contribution in [0.25, 0.3) is 0 Å². The summed E-state index contributed by atoms with van der Waals surface area (Å²) in [4.78, 5) is 26.0. The average molecular weight is 559 g/mol. The van der Waals surface area contributed by atoms with Gasteiger partial charge in [0.05, 0.1) is 34.9 Å². The molecule has 0 aliphatic heterocycles. The largest absolute Gasteiger partial charge is 0.494 e. The standard InChI is InChI=1S/C29H39FN4O6/c1-37-23-13-11-20(26(39-3)27(23)40-4)16-25(35)34-29(31)33-22(14-18-8-6-5-7-9-18)28(36)32-17-19-10-12-21(30)24(15-19)38-2/h10-13,15,18,22H,5-9,14,16-17H2,1-4H3,(H,32,36)(H3,31,33,34,35)/t22-/m1/s1. The summed E-state index contributed by atoms with van der Waals surface area (Å²) < 4.78 is 34.9. The molecule has 0 unspecified atom stereocenters. The molecule has 1 fully saturated rings. The van der Waals surface area contributed by atoms with E-state index in [2.05, 4.69) is 16.0 Å². The lowest BCUT2D eigenvalue weighted by Gasteiger charge is -2.27. The van der Waals surface area contributed by atoms with E-state index in [0.717, 1.165) is 25.7 Å². The van der Waals surface area contributed by atoms with Crippen LogP contribution in [0.1, 0.15) is 49.7 Å². The van der Waals surface area contributed by atoms with E-state index in [1.807, 2.05) is 0 Å². The molecule has 2 aromatic rings. The van der Waals surface area contributed by atoms with Crippen LogP contribution in [-0.2, 0) is 22.6 Å². The smallest absolute Gasteiger partial charge is 0.242 e. The summed E-state index contributed by atoms with van der Waals surface area (Å²) in [7, 11) is 5.84. The molecule has 1 aliphatic rings. The monoisotopic (exact) mass is 558 g/mol. The first-order chi connectivity index (χ1) is 19.3. The van der Waals surface area contributed by atoms with Crippen LogP contribution in [0, 0.1) is 17.1 Å². The molecule has 2 amide bonds. The Kier molecular flexibility index (Phi) is 11.4. The summed E-state index contributed by atoms with van der Waals surface area (Å²) >= 11 is 0. The highest BCUT2D eigenvalue weighted by Gasteiger charge is 2.26. The van der Waals surface area contributed by atoms with Crippen LogP contribution in [0.5, 0.6) is 23.0 Å². The lowest BCUT2D eigenvalue weighted by atomic mass is 9.84. The predicted octanol–water partition coefficient (Wildman–Crippen LogP) is 3.70. The molecule has 218 valence electrons. The molecule has 0 aromatic heterocycles. The average Bonchev–Trinajstić information content (AvgIpc) is 2.96. The minimum absolute atomic E-state index is 0.0839. The molecule has 4 N–H and O–H groups in total. The minimum atomic E-state index is -0.728. The highest BCUT2D eigenvalue weighted by atomic mass is 19.1. The van der Waals surface area contributed by atoms with Crippen molar-refractivity contribution in [3.05, 3.63) is 47.3 Å². The van der Waals surface area contributed by atoms with E-state index in [-0.39, 0.29) is 30.6 Å². The van der Waals surface area contributed by atoms with Gasteiger partial charge >= 0.3 is 0 Å². The topological polar surface area (TPSA) is 131 Å². The Bertz CT molecular complexity index is 1190. The Balaban J connectivity index is 1.65. The molecule has 40 heavy (non-hydrogen) atoms. The van der Waals surface area contributed by atoms with Gasteiger partial charge in [-0.15, -0.1) is 0 Å². The summed E-state index contributed by atoms with van der Waals surface area (Å²) in [6.07, 6.45) is 5.86. The van der Waals surface area contributed by atoms with Crippen molar-refractivity contribution in [2.75, 3.05) is 28.4 Å². The third-order valence-corrected chi connectivity index (χ3v) is 7.01. The van der Waals surface area contributed by atoms with Gasteiger partial charge in [-0.2, -0.15) is 0 Å². The van der Waals surface area contributed by atoms with Crippen LogP contribution in [0.2, 0.25) is 0 Å². The first-order valence-corrected chi connectivity index (χ1v) is 13.3. The van der Waals surface area contributed by atoms with Crippen LogP contribution < -0.4 is 34.9 Å². The normalized spacial score (nSPS) is 14.0. The Morgan fingerprint density at radius 2 is 1.65 bits per heavy atom. The van der Waals surface area contributed by atoms with Crippen molar-refractivity contribution in [2.24, 2.45) is 5.92 Å². The highest BCUT2D eigenvalue weighted by Crippen LogP contribution is 2.39. The molecule has 11 heteroatoms. The quantitative estimate of drug-likeness (QED) is 0.231. The third-order valence-electron chi connectivity index (χ3n) is 7.01. The maximum absolute atomic E-state index is 13.8. The second-order valence-corrected chi connectivity index (χ2v) is 9.72. The molecule has 2 aromatic carbocycles. The number of carbonyl (C=O) groups excluding carboxylic acids is 2. The lowest BCUT2D eigenvalue weighted by molar-refractivity contribution is -0.123. The van der Waals surface area contributed by atoms with Crippen LogP contribution >= 0.6 is 0 Å². The number of methoxy groups -OCH3 is 4. The second kappa shape index (κ2) is 14.9. The van der Waals surface area contributed by atoms with Crippen LogP contribution in [0.15, 0.2) is 30.3 Å². The molecule has 1 saturated carbocycles. The van der Waals surface area contributed by atoms with Crippen LogP contribution in [-0.4, -0.2) is 52.3 Å². The van der Waals surface area contributed by atoms with Crippen LogP contribution in [0.4, 0.5) is 4.39 Å². The Morgan fingerprint density at radius 1 is 0.950 bits per heavy atom. The van der Waals surface area contributed by atoms with E-state index in [1.54, 1.807) is 18.2 Å². The van der Waals surface area contributed by atoms with Gasteiger partial charge in [0.1, 0.15) is 6.04 Å². The van der Waals surface area contributed by atoms with Gasteiger partial charge < -0.3 is 29.6 Å². The second-order valence-electron chi connectivity index (χ2n) is 9.72. The molecule has 10 nitrogen and oxygen atoms in total. The van der Waals surface area contributed by atoms with Gasteiger partial charge in [0.15, 0.2) is 29.0 Å². The van der Waals surface area contributed by atoms with Crippen molar-refractivity contribution < 1.29 is 32.9 Å². The van der Waals surface area contributed by atoms with E-state index >= 15 is 0 Å². The molecule has 3 rings (SSSR count). The van der Waals surface area contributed by atoms with Crippen LogP contribution in [0.3, 0.4) is 0 Å². The van der Waals surface area contributed by atoms with Crippen molar-refractivity contribution in [3.8, 4) is 23.0 Å². The van der Waals surface area contributed by atoms with Gasteiger partial charge in [-0.05, 0) is 36.1 Å². The zero-order chi connectivity index (χ0) is 29.1. The van der Waals surface area contributed by atoms with E-state index in [1.165, 1.54) is 47.0 Å². The molecule has 0 radical (unpaired) electrons. The third kappa shape index (κ3) is 8.24. The molecule has 0 saturated heterocycles. The van der Waals surface area contributed by atoms with E-state index < -0.39 is 17.8 Å². The van der Waals surface area contributed by atoms with Crippen molar-refractivity contribution in [1.82, 2.24) is 16.0 Å². The summed E-state index contributed by atoms with van der Waals surface area (Å²) in [5.41, 5.74) is 1.23. The number of guanidine groups is 1. The van der Waals surface area contributed by atoms with E-state index in [4.69, 9.17) is 24.4 Å². The summed E-state index contributed by atoms with van der Waals surface area (Å²) in [5, 5.41) is 16.7. The number of nitrogens with one attached hydrogen (secondary N) is 4. The summed E-state index contributed by atoms with van der Waals surface area (Å²) in [5.74, 6) is 0.103. The molecule has 1 atom stereocenters. The zero-order valence-corrected chi connectivity index (χ0v) is 23.5. The number of carbonyl (C=O) groups is 2. The molecule has 0 spiro atoms.